The predicted octanol–water partition coefficient (Wildman–Crippen LogP) is 2.71. The number of aldehydes is 1. The molecule has 1 aromatic heterocycles. The summed E-state index contributed by atoms with van der Waals surface area (Å²) in [7, 11) is 0. The standard InChI is InChI=1S/C27H35N3O5S/c1-4-21(15-31)28-26(33)23-13-22(35-16-19-8-6-5-7-9-19)14-30(23)27(34)25(18(2)3)29-24(32)12-20-10-11-36-17-20/h5-11,15,17-18,21-23,25H,4,12-14,16H2,1-3H3,(H,28,33)(H,29,32)/t21-,22+,23-,25-/m0/s1. The Morgan fingerprint density at radius 3 is 2.50 bits per heavy atom. The summed E-state index contributed by atoms with van der Waals surface area (Å²) in [5.74, 6) is -1.14. The van der Waals surface area contributed by atoms with Crippen molar-refractivity contribution in [3.8, 4) is 0 Å². The van der Waals surface area contributed by atoms with Crippen LogP contribution in [0.25, 0.3) is 0 Å². The average Bonchev–Trinajstić information content (AvgIpc) is 3.54. The maximum absolute atomic E-state index is 13.7. The van der Waals surface area contributed by atoms with Crippen molar-refractivity contribution in [3.63, 3.8) is 0 Å². The molecule has 194 valence electrons. The van der Waals surface area contributed by atoms with Gasteiger partial charge in [0.15, 0.2) is 0 Å². The zero-order valence-electron chi connectivity index (χ0n) is 21.0. The van der Waals surface area contributed by atoms with Gasteiger partial charge >= 0.3 is 0 Å². The second-order valence-electron chi connectivity index (χ2n) is 9.42. The highest BCUT2D eigenvalue weighted by atomic mass is 32.1. The van der Waals surface area contributed by atoms with Crippen molar-refractivity contribution < 1.29 is 23.9 Å². The van der Waals surface area contributed by atoms with E-state index in [9.17, 15) is 19.2 Å². The second kappa shape index (κ2) is 13.3. The van der Waals surface area contributed by atoms with E-state index in [1.54, 1.807) is 6.92 Å². The molecule has 0 unspecified atom stereocenters. The van der Waals surface area contributed by atoms with Gasteiger partial charge in [-0.3, -0.25) is 14.4 Å². The molecular weight excluding hydrogens is 478 g/mol. The number of nitrogens with zero attached hydrogens (tertiary/aromatic N) is 1. The third-order valence-electron chi connectivity index (χ3n) is 6.30. The van der Waals surface area contributed by atoms with Gasteiger partial charge in [0.2, 0.25) is 17.7 Å². The van der Waals surface area contributed by atoms with Crippen LogP contribution in [-0.2, 0) is 36.9 Å². The maximum atomic E-state index is 13.7. The van der Waals surface area contributed by atoms with E-state index in [1.807, 2.05) is 61.0 Å². The number of benzene rings is 1. The zero-order chi connectivity index (χ0) is 26.1. The summed E-state index contributed by atoms with van der Waals surface area (Å²) in [6.07, 6.45) is 1.30. The summed E-state index contributed by atoms with van der Waals surface area (Å²) < 4.78 is 6.07. The lowest BCUT2D eigenvalue weighted by Crippen LogP contribution is -2.56. The quantitative estimate of drug-likeness (QED) is 0.425. The summed E-state index contributed by atoms with van der Waals surface area (Å²) in [6.45, 7) is 6.12. The molecule has 0 aliphatic carbocycles. The summed E-state index contributed by atoms with van der Waals surface area (Å²) in [4.78, 5) is 52.3. The van der Waals surface area contributed by atoms with Crippen LogP contribution < -0.4 is 10.6 Å². The highest BCUT2D eigenvalue weighted by Gasteiger charge is 2.43. The van der Waals surface area contributed by atoms with Crippen LogP contribution in [0.1, 0.15) is 44.7 Å². The molecule has 4 atom stereocenters. The van der Waals surface area contributed by atoms with E-state index in [4.69, 9.17) is 4.74 Å². The average molecular weight is 514 g/mol. The molecule has 9 heteroatoms. The molecule has 0 radical (unpaired) electrons. The molecular formula is C27H35N3O5S. The van der Waals surface area contributed by atoms with Crippen LogP contribution >= 0.6 is 11.3 Å². The first-order chi connectivity index (χ1) is 17.3. The van der Waals surface area contributed by atoms with Crippen LogP contribution in [0.2, 0.25) is 0 Å². The number of ether oxygens (including phenoxy) is 1. The number of carbonyl (C=O) groups is 4. The fraction of sp³-hybridized carbons (Fsp3) is 0.481. The number of thiophene rings is 1. The van der Waals surface area contributed by atoms with E-state index in [1.165, 1.54) is 16.2 Å². The lowest BCUT2D eigenvalue weighted by Gasteiger charge is -2.30. The van der Waals surface area contributed by atoms with Gasteiger partial charge < -0.3 is 25.1 Å². The molecule has 2 aromatic rings. The van der Waals surface area contributed by atoms with Gasteiger partial charge in [-0.25, -0.2) is 0 Å². The topological polar surface area (TPSA) is 105 Å². The van der Waals surface area contributed by atoms with E-state index in [0.29, 0.717) is 25.7 Å². The molecule has 2 heterocycles. The fourth-order valence-electron chi connectivity index (χ4n) is 4.21. The van der Waals surface area contributed by atoms with E-state index >= 15 is 0 Å². The maximum Gasteiger partial charge on any atom is 0.246 e. The molecule has 2 N–H and O–H groups in total. The minimum absolute atomic E-state index is 0.185. The van der Waals surface area contributed by atoms with Crippen molar-refractivity contribution in [2.75, 3.05) is 6.54 Å². The second-order valence-corrected chi connectivity index (χ2v) is 10.2. The number of nitrogens with one attached hydrogen (secondary N) is 2. The van der Waals surface area contributed by atoms with Crippen LogP contribution in [-0.4, -0.2) is 59.7 Å². The fourth-order valence-corrected chi connectivity index (χ4v) is 4.87. The summed E-state index contributed by atoms with van der Waals surface area (Å²) in [6, 6.07) is 9.37. The van der Waals surface area contributed by atoms with E-state index in [0.717, 1.165) is 11.1 Å². The largest absolute Gasteiger partial charge is 0.372 e. The van der Waals surface area contributed by atoms with Gasteiger partial charge in [-0.15, -0.1) is 0 Å². The van der Waals surface area contributed by atoms with Crippen molar-refractivity contribution in [3.05, 3.63) is 58.3 Å². The highest BCUT2D eigenvalue weighted by Crippen LogP contribution is 2.24. The Balaban J connectivity index is 1.74. The molecule has 1 saturated heterocycles. The Bertz CT molecular complexity index is 1010. The van der Waals surface area contributed by atoms with Crippen molar-refractivity contribution in [2.45, 2.75) is 70.9 Å². The smallest absolute Gasteiger partial charge is 0.246 e. The molecule has 1 aliphatic heterocycles. The van der Waals surface area contributed by atoms with Crippen LogP contribution in [0.3, 0.4) is 0 Å². The molecule has 3 amide bonds. The normalized spacial score (nSPS) is 19.1. The first kappa shape index (κ1) is 27.5. The van der Waals surface area contributed by atoms with Gasteiger partial charge in [0.05, 0.1) is 25.2 Å². The molecule has 3 rings (SSSR count). The predicted molar refractivity (Wildman–Crippen MR) is 138 cm³/mol. The Labute approximate surface area is 216 Å². The number of hydrogen-bond donors (Lipinski definition) is 2. The molecule has 1 aromatic carbocycles. The van der Waals surface area contributed by atoms with Crippen molar-refractivity contribution in [1.82, 2.24) is 15.5 Å². The van der Waals surface area contributed by atoms with Crippen molar-refractivity contribution >= 4 is 35.3 Å². The van der Waals surface area contributed by atoms with Gasteiger partial charge in [-0.1, -0.05) is 51.1 Å². The van der Waals surface area contributed by atoms with Gasteiger partial charge in [0, 0.05) is 13.0 Å². The Kier molecular flexibility index (Phi) is 10.2. The monoisotopic (exact) mass is 513 g/mol. The van der Waals surface area contributed by atoms with Crippen LogP contribution in [0.15, 0.2) is 47.2 Å². The van der Waals surface area contributed by atoms with Gasteiger partial charge in [0.1, 0.15) is 18.4 Å². The van der Waals surface area contributed by atoms with E-state index in [-0.39, 0.29) is 42.7 Å². The molecule has 36 heavy (non-hydrogen) atoms. The molecule has 0 spiro atoms. The molecule has 1 aliphatic rings. The SMILES string of the molecule is CC[C@@H](C=O)NC(=O)[C@@H]1C[C@@H](OCc2ccccc2)CN1C(=O)[C@@H](NC(=O)Cc1ccsc1)C(C)C. The third-order valence-corrected chi connectivity index (χ3v) is 7.03. The number of likely N-dealkylation sites (tertiary alicyclic amines) is 1. The molecule has 8 nitrogen and oxygen atoms in total. The van der Waals surface area contributed by atoms with E-state index < -0.39 is 18.1 Å². The zero-order valence-corrected chi connectivity index (χ0v) is 21.8. The van der Waals surface area contributed by atoms with Crippen LogP contribution in [0.5, 0.6) is 0 Å². The van der Waals surface area contributed by atoms with E-state index in [2.05, 4.69) is 10.6 Å². The van der Waals surface area contributed by atoms with Crippen LogP contribution in [0, 0.1) is 5.92 Å². The third kappa shape index (κ3) is 7.48. The number of rotatable bonds is 12. The lowest BCUT2D eigenvalue weighted by molar-refractivity contribution is -0.142. The van der Waals surface area contributed by atoms with Gasteiger partial charge in [0.25, 0.3) is 0 Å². The number of hydrogen-bond acceptors (Lipinski definition) is 6. The first-order valence-electron chi connectivity index (χ1n) is 12.3. The molecule has 1 fully saturated rings. The van der Waals surface area contributed by atoms with Crippen molar-refractivity contribution in [1.29, 1.82) is 0 Å². The summed E-state index contributed by atoms with van der Waals surface area (Å²) in [5.41, 5.74) is 1.88. The molecule has 0 saturated carbocycles. The van der Waals surface area contributed by atoms with Crippen LogP contribution in [0.4, 0.5) is 0 Å². The highest BCUT2D eigenvalue weighted by molar-refractivity contribution is 7.08. The summed E-state index contributed by atoms with van der Waals surface area (Å²) in [5, 5.41) is 9.41. The minimum atomic E-state index is -0.790. The number of amides is 3. The number of carbonyl (C=O) groups excluding carboxylic acids is 4. The molecule has 0 bridgehead atoms. The minimum Gasteiger partial charge on any atom is -0.372 e. The lowest BCUT2D eigenvalue weighted by atomic mass is 10.0. The first-order valence-corrected chi connectivity index (χ1v) is 13.3. The van der Waals surface area contributed by atoms with Gasteiger partial charge in [-0.2, -0.15) is 11.3 Å². The summed E-state index contributed by atoms with van der Waals surface area (Å²) >= 11 is 1.51. The van der Waals surface area contributed by atoms with Gasteiger partial charge in [-0.05, 0) is 40.3 Å². The Morgan fingerprint density at radius 2 is 1.89 bits per heavy atom. The van der Waals surface area contributed by atoms with Crippen molar-refractivity contribution in [2.24, 2.45) is 5.92 Å². The Morgan fingerprint density at radius 1 is 1.14 bits per heavy atom. The Hall–Kier alpha value is -3.04.